The van der Waals surface area contributed by atoms with E-state index < -0.39 is 67.1 Å². The number of allylic oxidation sites excluding steroid dienone is 1. The van der Waals surface area contributed by atoms with Gasteiger partial charge < -0.3 is 33.0 Å². The Balaban J connectivity index is 1.49. The average Bonchev–Trinajstić information content (AvgIpc) is 3.77. The number of guanidine groups is 2. The van der Waals surface area contributed by atoms with Crippen LogP contribution in [0.25, 0.3) is 0 Å². The lowest BCUT2D eigenvalue weighted by molar-refractivity contribution is -0.140. The van der Waals surface area contributed by atoms with Gasteiger partial charge in [-0.1, -0.05) is 120 Å². The van der Waals surface area contributed by atoms with Crippen LogP contribution in [0.1, 0.15) is 181 Å². The maximum absolute atomic E-state index is 14.5. The summed E-state index contributed by atoms with van der Waals surface area (Å²) in [4.78, 5) is 79.4. The smallest absolute Gasteiger partial charge is 0.437 e. The Labute approximate surface area is 454 Å². The second-order valence-electron chi connectivity index (χ2n) is 24.5. The summed E-state index contributed by atoms with van der Waals surface area (Å²) >= 11 is 0. The van der Waals surface area contributed by atoms with Crippen LogP contribution >= 0.6 is 0 Å². The van der Waals surface area contributed by atoms with Gasteiger partial charge in [0.25, 0.3) is 8.32 Å². The van der Waals surface area contributed by atoms with Crippen LogP contribution in [0, 0.1) is 0 Å². The number of fused-ring (bicyclic) bond motifs is 1. The number of unbranched alkanes of at least 4 members (excludes halogenated alkanes) is 7. The first-order chi connectivity index (χ1) is 35.4. The standard InChI is InChI=1S/C58H90N6O11Si/c1-54(2,3)72-50(66)60-48(61-51(67)73-55(4,5)6)59-38-28-30-40-70-47(65)46-44-37-31-39-63(44)49(62-52(68)74-56(7,8)9)64(53(69)75-57(10,11)12)45(46)36-27-19-17-16-18-20-29-41-71-76(58(13,14)15,42-32-23-21-24-33-42)43-34-25-22-26-35-43/h21-26,32-35,45H,16-20,27-31,36-41H2,1-15H3,(H2,59,60,61,66,67)/b62-49+/t45-/m1/s1. The lowest BCUT2D eigenvalue weighted by Crippen LogP contribution is -2.66. The maximum atomic E-state index is 14.5. The van der Waals surface area contributed by atoms with Crippen LogP contribution in [-0.4, -0.2) is 115 Å². The number of benzene rings is 2. The monoisotopic (exact) mass is 1070 g/mol. The Kier molecular flexibility index (Phi) is 22.7. The first-order valence-corrected chi connectivity index (χ1v) is 29.1. The number of hydrogen-bond donors (Lipinski definition) is 2. The highest BCUT2D eigenvalue weighted by Gasteiger charge is 2.50. The third kappa shape index (κ3) is 20.0. The summed E-state index contributed by atoms with van der Waals surface area (Å²) in [6, 6.07) is 20.5. The fourth-order valence-electron chi connectivity index (χ4n) is 9.16. The van der Waals surface area contributed by atoms with E-state index in [9.17, 15) is 24.0 Å². The van der Waals surface area contributed by atoms with E-state index >= 15 is 0 Å². The third-order valence-electron chi connectivity index (χ3n) is 12.1. The summed E-state index contributed by atoms with van der Waals surface area (Å²) in [5.74, 6) is -0.673. The number of nitrogens with zero attached hydrogens (tertiary/aromatic N) is 4. The number of alkyl carbamates (subject to hydrolysis) is 2. The highest BCUT2D eigenvalue weighted by molar-refractivity contribution is 6.99. The molecule has 1 saturated heterocycles. The predicted molar refractivity (Wildman–Crippen MR) is 300 cm³/mol. The first kappa shape index (κ1) is 62.8. The molecule has 18 heteroatoms. The van der Waals surface area contributed by atoms with Crippen LogP contribution in [0.3, 0.4) is 0 Å². The lowest BCUT2D eigenvalue weighted by Gasteiger charge is -2.43. The molecule has 4 amide bonds. The molecule has 2 N–H and O–H groups in total. The topological polar surface area (TPSA) is 196 Å². The van der Waals surface area contributed by atoms with E-state index in [1.807, 2.05) is 0 Å². The molecule has 2 aliphatic heterocycles. The second-order valence-corrected chi connectivity index (χ2v) is 28.8. The minimum atomic E-state index is -2.61. The van der Waals surface area contributed by atoms with Gasteiger partial charge in [0.1, 0.15) is 22.4 Å². The zero-order valence-corrected chi connectivity index (χ0v) is 49.4. The molecule has 0 bridgehead atoms. The number of rotatable bonds is 19. The van der Waals surface area contributed by atoms with E-state index in [4.69, 9.17) is 28.1 Å². The molecular weight excluding hydrogens is 985 g/mol. The van der Waals surface area contributed by atoms with Crippen molar-refractivity contribution in [2.75, 3.05) is 26.3 Å². The molecule has 0 radical (unpaired) electrons. The van der Waals surface area contributed by atoms with Gasteiger partial charge in [-0.15, -0.1) is 4.99 Å². The average molecular weight is 1080 g/mol. The summed E-state index contributed by atoms with van der Waals surface area (Å²) in [6.45, 7) is 28.9. The van der Waals surface area contributed by atoms with Gasteiger partial charge in [0.2, 0.25) is 11.9 Å². The molecule has 0 aliphatic carbocycles. The van der Waals surface area contributed by atoms with Gasteiger partial charge in [0.15, 0.2) is 0 Å². The predicted octanol–water partition coefficient (Wildman–Crippen LogP) is 11.7. The molecule has 0 aromatic heterocycles. The fourth-order valence-corrected chi connectivity index (χ4v) is 13.8. The van der Waals surface area contributed by atoms with Crippen molar-refractivity contribution in [1.82, 2.24) is 20.4 Å². The van der Waals surface area contributed by atoms with E-state index in [1.54, 1.807) is 88.0 Å². The van der Waals surface area contributed by atoms with Crippen LogP contribution in [0.2, 0.25) is 5.04 Å². The molecule has 422 valence electrons. The largest absolute Gasteiger partial charge is 0.462 e. The highest BCUT2D eigenvalue weighted by Crippen LogP contribution is 2.39. The first-order valence-electron chi connectivity index (χ1n) is 27.2. The van der Waals surface area contributed by atoms with Crippen LogP contribution in [-0.2, 0) is 32.9 Å². The van der Waals surface area contributed by atoms with E-state index in [-0.39, 0.29) is 30.1 Å². The van der Waals surface area contributed by atoms with E-state index in [0.717, 1.165) is 38.5 Å². The van der Waals surface area contributed by atoms with Crippen molar-refractivity contribution in [2.45, 2.75) is 214 Å². The molecule has 2 aromatic carbocycles. The third-order valence-corrected chi connectivity index (χ3v) is 17.1. The van der Waals surface area contributed by atoms with E-state index in [1.165, 1.54) is 15.3 Å². The normalized spacial score (nSPS) is 15.9. The maximum Gasteiger partial charge on any atom is 0.437 e. The van der Waals surface area contributed by atoms with Gasteiger partial charge in [0, 0.05) is 25.4 Å². The zero-order chi connectivity index (χ0) is 56.5. The van der Waals surface area contributed by atoms with Crippen molar-refractivity contribution in [1.29, 1.82) is 0 Å². The van der Waals surface area contributed by atoms with Crippen molar-refractivity contribution in [3.8, 4) is 0 Å². The second kappa shape index (κ2) is 27.5. The van der Waals surface area contributed by atoms with Gasteiger partial charge in [-0.2, -0.15) is 0 Å². The molecule has 2 heterocycles. The number of amides is 4. The number of carbonyl (C=O) groups excluding carboxylic acids is 5. The lowest BCUT2D eigenvalue weighted by atomic mass is 9.94. The van der Waals surface area contributed by atoms with E-state index in [0.29, 0.717) is 62.9 Å². The number of nitrogens with one attached hydrogen (secondary N) is 2. The minimum absolute atomic E-state index is 0.0143. The van der Waals surface area contributed by atoms with Crippen LogP contribution in [0.4, 0.5) is 19.2 Å². The van der Waals surface area contributed by atoms with Gasteiger partial charge >= 0.3 is 30.3 Å². The summed E-state index contributed by atoms with van der Waals surface area (Å²) in [5, 5.41) is 7.40. The van der Waals surface area contributed by atoms with E-state index in [2.05, 4.69) is 102 Å². The number of aliphatic imine (C=N–C) groups is 2. The Bertz CT molecular complexity index is 2270. The molecule has 2 aliphatic rings. The fraction of sp³-hybridized carbons (Fsp3) is 0.638. The summed E-state index contributed by atoms with van der Waals surface area (Å²) in [5.41, 5.74) is -2.38. The molecule has 1 atom stereocenters. The summed E-state index contributed by atoms with van der Waals surface area (Å²) in [7, 11) is -2.61. The molecule has 76 heavy (non-hydrogen) atoms. The molecule has 0 spiro atoms. The molecule has 0 unspecified atom stereocenters. The Morgan fingerprint density at radius 3 is 1.59 bits per heavy atom. The molecule has 0 saturated carbocycles. The molecule has 2 aromatic rings. The number of carbonyl (C=O) groups is 5. The van der Waals surface area contributed by atoms with Crippen LogP contribution in [0.5, 0.6) is 0 Å². The number of esters is 1. The number of hydrogen-bond acceptors (Lipinski definition) is 12. The van der Waals surface area contributed by atoms with Crippen LogP contribution in [0.15, 0.2) is 81.9 Å². The number of ether oxygens (including phenoxy) is 5. The molecular formula is C58H90N6O11Si. The Morgan fingerprint density at radius 1 is 0.605 bits per heavy atom. The van der Waals surface area contributed by atoms with Gasteiger partial charge in [0.05, 0.1) is 18.2 Å². The van der Waals surface area contributed by atoms with Crippen molar-refractivity contribution < 1.29 is 52.1 Å². The van der Waals surface area contributed by atoms with Crippen molar-refractivity contribution in [2.24, 2.45) is 9.98 Å². The Morgan fingerprint density at radius 2 is 1.09 bits per heavy atom. The molecule has 4 rings (SSSR count). The molecule has 17 nitrogen and oxygen atoms in total. The van der Waals surface area contributed by atoms with Crippen molar-refractivity contribution in [3.63, 3.8) is 0 Å². The minimum Gasteiger partial charge on any atom is -0.462 e. The van der Waals surface area contributed by atoms with Crippen LogP contribution < -0.4 is 21.0 Å². The van der Waals surface area contributed by atoms with Crippen molar-refractivity contribution >= 4 is 61.0 Å². The Hall–Kier alpha value is -5.75. The summed E-state index contributed by atoms with van der Waals surface area (Å²) < 4.78 is 35.4. The van der Waals surface area contributed by atoms with Gasteiger partial charge in [-0.25, -0.2) is 28.9 Å². The molecule has 1 fully saturated rings. The summed E-state index contributed by atoms with van der Waals surface area (Å²) in [6.07, 6.45) is 5.56. The van der Waals surface area contributed by atoms with Gasteiger partial charge in [-0.3, -0.25) is 15.6 Å². The zero-order valence-electron chi connectivity index (χ0n) is 48.4. The quantitative estimate of drug-likeness (QED) is 0.0338. The highest BCUT2D eigenvalue weighted by atomic mass is 28.4. The van der Waals surface area contributed by atoms with Gasteiger partial charge in [-0.05, 0) is 137 Å². The van der Waals surface area contributed by atoms with Crippen molar-refractivity contribution in [3.05, 3.63) is 71.9 Å². The SMILES string of the molecule is CC(C)(C)OC(=O)/N=C1\N2CCCC2=C(C(=O)OCCCCN=C(NC(=O)OC(C)(C)C)NC(=O)OC(C)(C)C)[C@@H](CCCCCCCCCO[Si](c2ccccc2)(c2ccccc2)C(C)(C)C)N1C(=O)OC(C)(C)C.